The van der Waals surface area contributed by atoms with Crippen LogP contribution in [-0.2, 0) is 12.8 Å². The highest BCUT2D eigenvalue weighted by molar-refractivity contribution is 5.91. The van der Waals surface area contributed by atoms with E-state index in [-0.39, 0.29) is 0 Å². The Bertz CT molecular complexity index is 1290. The van der Waals surface area contributed by atoms with Crippen LogP contribution in [0.1, 0.15) is 62.8 Å². The molecular formula is C33H38N2. The molecule has 35 heavy (non-hydrogen) atoms. The summed E-state index contributed by atoms with van der Waals surface area (Å²) in [7, 11) is 2.13. The van der Waals surface area contributed by atoms with Crippen LogP contribution in [0.2, 0.25) is 0 Å². The number of rotatable bonds is 9. The molecule has 0 saturated heterocycles. The lowest BCUT2D eigenvalue weighted by molar-refractivity contribution is 0.550. The third kappa shape index (κ3) is 4.80. The maximum absolute atomic E-state index is 2.48. The highest BCUT2D eigenvalue weighted by Gasteiger charge is 2.23. The number of benzene rings is 3. The molecule has 2 heteroatoms. The standard InChI is InChI=1S/C33H38N2/c1-4-6-11-25-15-21-32-30(23-25)31-24-26(12-7-5-2)16-22-33(31)35(32)29-19-17-28(18-20-29)34(3)27-13-9-8-10-14-27/h8-10,13-23,26H,4-7,11-12,24H2,1-3H3. The van der Waals surface area contributed by atoms with Crippen molar-refractivity contribution in [3.05, 3.63) is 95.7 Å². The van der Waals surface area contributed by atoms with Gasteiger partial charge in [-0.2, -0.15) is 0 Å². The normalized spacial score (nSPS) is 14.9. The van der Waals surface area contributed by atoms with Gasteiger partial charge in [-0.25, -0.2) is 0 Å². The Hall–Kier alpha value is -3.26. The fourth-order valence-corrected chi connectivity index (χ4v) is 5.47. The Labute approximate surface area is 210 Å². The summed E-state index contributed by atoms with van der Waals surface area (Å²) in [6, 6.07) is 26.8. The number of aromatic nitrogens is 1. The summed E-state index contributed by atoms with van der Waals surface area (Å²) < 4.78 is 2.48. The van der Waals surface area contributed by atoms with Crippen molar-refractivity contribution in [2.45, 2.75) is 58.8 Å². The smallest absolute Gasteiger partial charge is 0.0537 e. The van der Waals surface area contributed by atoms with Crippen LogP contribution in [0.5, 0.6) is 0 Å². The Morgan fingerprint density at radius 1 is 0.857 bits per heavy atom. The topological polar surface area (TPSA) is 8.17 Å². The number of fused-ring (bicyclic) bond motifs is 3. The number of nitrogens with zero attached hydrogens (tertiary/aromatic N) is 2. The van der Waals surface area contributed by atoms with Crippen LogP contribution in [0, 0.1) is 5.92 Å². The van der Waals surface area contributed by atoms with Gasteiger partial charge in [-0.15, -0.1) is 0 Å². The number of hydrogen-bond acceptors (Lipinski definition) is 1. The maximum atomic E-state index is 2.48. The third-order valence-corrected chi connectivity index (χ3v) is 7.56. The molecule has 1 unspecified atom stereocenters. The predicted octanol–water partition coefficient (Wildman–Crippen LogP) is 9.12. The van der Waals surface area contributed by atoms with Gasteiger partial charge in [-0.05, 0) is 97.3 Å². The zero-order valence-electron chi connectivity index (χ0n) is 21.5. The predicted molar refractivity (Wildman–Crippen MR) is 152 cm³/mol. The number of aryl methyl sites for hydroxylation is 1. The molecule has 0 spiro atoms. The Morgan fingerprint density at radius 3 is 2.34 bits per heavy atom. The minimum atomic E-state index is 0.655. The van der Waals surface area contributed by atoms with Crippen molar-refractivity contribution >= 4 is 28.4 Å². The molecule has 0 amide bonds. The molecule has 5 rings (SSSR count). The first kappa shape index (κ1) is 23.5. The fraction of sp³-hybridized carbons (Fsp3) is 0.333. The van der Waals surface area contributed by atoms with Crippen molar-refractivity contribution in [2.75, 3.05) is 11.9 Å². The molecule has 4 aromatic rings. The number of hydrogen-bond donors (Lipinski definition) is 0. The van der Waals surface area contributed by atoms with E-state index >= 15 is 0 Å². The van der Waals surface area contributed by atoms with Gasteiger partial charge in [0.05, 0.1) is 5.52 Å². The molecule has 0 aliphatic heterocycles. The van der Waals surface area contributed by atoms with Crippen molar-refractivity contribution in [2.24, 2.45) is 5.92 Å². The van der Waals surface area contributed by atoms with Gasteiger partial charge < -0.3 is 9.47 Å². The summed E-state index contributed by atoms with van der Waals surface area (Å²) in [5.41, 5.74) is 9.34. The molecule has 1 aliphatic rings. The summed E-state index contributed by atoms with van der Waals surface area (Å²) in [5, 5.41) is 1.45. The van der Waals surface area contributed by atoms with E-state index in [1.807, 2.05) is 0 Å². The number of unbranched alkanes of at least 4 members (excludes halogenated alkanes) is 2. The quantitative estimate of drug-likeness (QED) is 0.241. The van der Waals surface area contributed by atoms with Gasteiger partial charge >= 0.3 is 0 Å². The first-order valence-corrected chi connectivity index (χ1v) is 13.4. The van der Waals surface area contributed by atoms with E-state index in [1.165, 1.54) is 83.3 Å². The van der Waals surface area contributed by atoms with Crippen LogP contribution in [0.3, 0.4) is 0 Å². The van der Waals surface area contributed by atoms with E-state index in [0.29, 0.717) is 5.92 Å². The van der Waals surface area contributed by atoms with E-state index in [0.717, 1.165) is 6.42 Å². The molecule has 180 valence electrons. The second-order valence-electron chi connectivity index (χ2n) is 10.0. The van der Waals surface area contributed by atoms with E-state index in [9.17, 15) is 0 Å². The average molecular weight is 463 g/mol. The van der Waals surface area contributed by atoms with E-state index in [4.69, 9.17) is 0 Å². The second-order valence-corrected chi connectivity index (χ2v) is 10.0. The van der Waals surface area contributed by atoms with Crippen LogP contribution in [0.4, 0.5) is 11.4 Å². The summed E-state index contributed by atoms with van der Waals surface area (Å²) in [4.78, 5) is 2.24. The van der Waals surface area contributed by atoms with Gasteiger partial charge in [-0.3, -0.25) is 0 Å². The van der Waals surface area contributed by atoms with E-state index in [2.05, 4.69) is 115 Å². The molecule has 1 aromatic heterocycles. The van der Waals surface area contributed by atoms with Gasteiger partial charge in [0.1, 0.15) is 0 Å². The fourth-order valence-electron chi connectivity index (χ4n) is 5.47. The molecule has 3 aromatic carbocycles. The molecule has 0 saturated carbocycles. The van der Waals surface area contributed by atoms with E-state index in [1.54, 1.807) is 0 Å². The number of para-hydroxylation sites is 1. The summed E-state index contributed by atoms with van der Waals surface area (Å²) in [5.74, 6) is 0.655. The molecule has 2 nitrogen and oxygen atoms in total. The Kier molecular flexibility index (Phi) is 7.08. The van der Waals surface area contributed by atoms with Gasteiger partial charge in [0, 0.05) is 35.2 Å². The molecule has 1 aliphatic carbocycles. The molecule has 0 bridgehead atoms. The maximum Gasteiger partial charge on any atom is 0.0537 e. The lowest BCUT2D eigenvalue weighted by Crippen LogP contribution is -2.10. The zero-order valence-corrected chi connectivity index (χ0v) is 21.5. The minimum Gasteiger partial charge on any atom is -0.345 e. The molecular weight excluding hydrogens is 424 g/mol. The Morgan fingerprint density at radius 2 is 1.60 bits per heavy atom. The summed E-state index contributed by atoms with van der Waals surface area (Å²) in [6.07, 6.45) is 13.5. The number of anilines is 2. The largest absolute Gasteiger partial charge is 0.345 e. The molecule has 1 atom stereocenters. The van der Waals surface area contributed by atoms with Crippen molar-refractivity contribution in [3.8, 4) is 5.69 Å². The van der Waals surface area contributed by atoms with Crippen molar-refractivity contribution in [1.29, 1.82) is 0 Å². The SMILES string of the molecule is CCCCc1ccc2c(c1)c1c(n2-c2ccc(N(C)c3ccccc3)cc2)C=CC(CCCC)C1. The summed E-state index contributed by atoms with van der Waals surface area (Å²) >= 11 is 0. The van der Waals surface area contributed by atoms with Crippen molar-refractivity contribution < 1.29 is 0 Å². The minimum absolute atomic E-state index is 0.655. The Balaban J connectivity index is 1.55. The molecule has 1 heterocycles. The van der Waals surface area contributed by atoms with Crippen LogP contribution in [-0.4, -0.2) is 11.6 Å². The van der Waals surface area contributed by atoms with Gasteiger partial charge in [0.15, 0.2) is 0 Å². The zero-order chi connectivity index (χ0) is 24.2. The highest BCUT2D eigenvalue weighted by Crippen LogP contribution is 2.37. The van der Waals surface area contributed by atoms with E-state index < -0.39 is 0 Å². The van der Waals surface area contributed by atoms with Crippen LogP contribution >= 0.6 is 0 Å². The van der Waals surface area contributed by atoms with Crippen LogP contribution in [0.15, 0.2) is 78.9 Å². The summed E-state index contributed by atoms with van der Waals surface area (Å²) in [6.45, 7) is 4.57. The number of allylic oxidation sites excluding steroid dienone is 1. The highest BCUT2D eigenvalue weighted by atomic mass is 15.1. The van der Waals surface area contributed by atoms with Gasteiger partial charge in [-0.1, -0.05) is 63.5 Å². The second kappa shape index (κ2) is 10.6. The molecule has 0 N–H and O–H groups in total. The van der Waals surface area contributed by atoms with Crippen molar-refractivity contribution in [1.82, 2.24) is 4.57 Å². The lowest BCUT2D eigenvalue weighted by Gasteiger charge is -2.21. The first-order valence-electron chi connectivity index (χ1n) is 13.4. The molecule has 0 radical (unpaired) electrons. The molecule has 0 fully saturated rings. The third-order valence-electron chi connectivity index (χ3n) is 7.56. The lowest BCUT2D eigenvalue weighted by atomic mass is 9.88. The van der Waals surface area contributed by atoms with Crippen molar-refractivity contribution in [3.63, 3.8) is 0 Å². The van der Waals surface area contributed by atoms with Gasteiger partial charge in [0.2, 0.25) is 0 Å². The monoisotopic (exact) mass is 462 g/mol. The van der Waals surface area contributed by atoms with Crippen LogP contribution in [0.25, 0.3) is 22.7 Å². The average Bonchev–Trinajstić information content (AvgIpc) is 3.24. The first-order chi connectivity index (χ1) is 17.2. The van der Waals surface area contributed by atoms with Crippen LogP contribution < -0.4 is 4.90 Å². The van der Waals surface area contributed by atoms with Gasteiger partial charge in [0.25, 0.3) is 0 Å².